The summed E-state index contributed by atoms with van der Waals surface area (Å²) in [5.41, 5.74) is 3.93. The van der Waals surface area contributed by atoms with E-state index in [2.05, 4.69) is 54.7 Å². The van der Waals surface area contributed by atoms with Crippen LogP contribution in [0.25, 0.3) is 0 Å². The van der Waals surface area contributed by atoms with E-state index in [1.165, 1.54) is 25.9 Å². The fourth-order valence-electron chi connectivity index (χ4n) is 1.80. The van der Waals surface area contributed by atoms with E-state index in [4.69, 9.17) is 0 Å². The Morgan fingerprint density at radius 1 is 0.933 bits per heavy atom. The van der Waals surface area contributed by atoms with Crippen molar-refractivity contribution in [1.82, 2.24) is 0 Å². The molecule has 0 unspecified atom stereocenters. The molecular formula is C13H11NSe. The van der Waals surface area contributed by atoms with E-state index in [9.17, 15) is 0 Å². The van der Waals surface area contributed by atoms with Crippen molar-refractivity contribution in [2.45, 2.75) is 6.92 Å². The van der Waals surface area contributed by atoms with Gasteiger partial charge in [-0.15, -0.1) is 0 Å². The molecule has 0 atom stereocenters. The molecule has 0 fully saturated rings. The Bertz CT molecular complexity index is 520. The van der Waals surface area contributed by atoms with Gasteiger partial charge in [0.2, 0.25) is 0 Å². The van der Waals surface area contributed by atoms with E-state index >= 15 is 0 Å². The van der Waals surface area contributed by atoms with Crippen molar-refractivity contribution < 1.29 is 0 Å². The van der Waals surface area contributed by atoms with Crippen LogP contribution in [0.1, 0.15) is 5.56 Å². The van der Waals surface area contributed by atoms with Crippen LogP contribution in [0.15, 0.2) is 42.5 Å². The van der Waals surface area contributed by atoms with Gasteiger partial charge in [-0.05, 0) is 0 Å². The Morgan fingerprint density at radius 3 is 2.67 bits per heavy atom. The van der Waals surface area contributed by atoms with Crippen molar-refractivity contribution in [3.63, 3.8) is 0 Å². The Hall–Kier alpha value is -1.24. The molecule has 15 heavy (non-hydrogen) atoms. The molecule has 0 spiro atoms. The molecule has 3 rings (SSSR count). The summed E-state index contributed by atoms with van der Waals surface area (Å²) in [6.07, 6.45) is 0. The summed E-state index contributed by atoms with van der Waals surface area (Å²) in [5.74, 6) is 0. The Morgan fingerprint density at radius 2 is 1.73 bits per heavy atom. The Balaban J connectivity index is 2.15. The molecule has 0 aliphatic carbocycles. The molecule has 2 aromatic carbocycles. The van der Waals surface area contributed by atoms with Crippen LogP contribution in [-0.4, -0.2) is 15.0 Å². The number of nitrogens with one attached hydrogen (secondary N) is 1. The summed E-state index contributed by atoms with van der Waals surface area (Å²) in [4.78, 5) is 0. The third-order valence-electron chi connectivity index (χ3n) is 2.60. The number of hydrogen-bond donors (Lipinski definition) is 1. The summed E-state index contributed by atoms with van der Waals surface area (Å²) in [6.45, 7) is 2.16. The molecule has 1 nitrogen and oxygen atoms in total. The van der Waals surface area contributed by atoms with Gasteiger partial charge in [0.05, 0.1) is 0 Å². The van der Waals surface area contributed by atoms with Gasteiger partial charge in [0.15, 0.2) is 0 Å². The molecule has 0 bridgehead atoms. The van der Waals surface area contributed by atoms with Crippen LogP contribution in [-0.2, 0) is 0 Å². The fraction of sp³-hybridized carbons (Fsp3) is 0.0769. The van der Waals surface area contributed by atoms with Crippen LogP contribution in [0.3, 0.4) is 0 Å². The summed E-state index contributed by atoms with van der Waals surface area (Å²) >= 11 is 0.448. The molecule has 0 aromatic heterocycles. The molecule has 1 N–H and O–H groups in total. The zero-order valence-corrected chi connectivity index (χ0v) is 10.2. The molecule has 2 heteroatoms. The van der Waals surface area contributed by atoms with E-state index in [0.29, 0.717) is 15.0 Å². The van der Waals surface area contributed by atoms with Gasteiger partial charge in [0.25, 0.3) is 0 Å². The monoisotopic (exact) mass is 261 g/mol. The van der Waals surface area contributed by atoms with E-state index in [1.807, 2.05) is 0 Å². The predicted molar refractivity (Wildman–Crippen MR) is 65.9 cm³/mol. The van der Waals surface area contributed by atoms with Gasteiger partial charge in [-0.25, -0.2) is 0 Å². The summed E-state index contributed by atoms with van der Waals surface area (Å²) in [7, 11) is 0. The van der Waals surface area contributed by atoms with E-state index in [1.54, 1.807) is 0 Å². The molecule has 1 aliphatic heterocycles. The Labute approximate surface area is 95.7 Å². The van der Waals surface area contributed by atoms with Gasteiger partial charge in [-0.3, -0.25) is 0 Å². The van der Waals surface area contributed by atoms with Crippen LogP contribution in [0.2, 0.25) is 0 Å². The molecule has 1 heterocycles. The van der Waals surface area contributed by atoms with Gasteiger partial charge in [-0.1, -0.05) is 0 Å². The first kappa shape index (κ1) is 9.02. The van der Waals surface area contributed by atoms with E-state index in [-0.39, 0.29) is 0 Å². The normalized spacial score (nSPS) is 12.6. The molecular weight excluding hydrogens is 249 g/mol. The van der Waals surface area contributed by atoms with Crippen LogP contribution >= 0.6 is 0 Å². The van der Waals surface area contributed by atoms with Crippen molar-refractivity contribution in [2.24, 2.45) is 0 Å². The average molecular weight is 260 g/mol. The first-order valence-corrected chi connectivity index (χ1v) is 6.69. The number of para-hydroxylation sites is 2. The van der Waals surface area contributed by atoms with Gasteiger partial charge < -0.3 is 0 Å². The van der Waals surface area contributed by atoms with Gasteiger partial charge in [0.1, 0.15) is 0 Å². The third-order valence-corrected chi connectivity index (χ3v) is 4.98. The topological polar surface area (TPSA) is 12.0 Å². The van der Waals surface area contributed by atoms with Crippen LogP contribution < -0.4 is 14.2 Å². The zero-order valence-electron chi connectivity index (χ0n) is 8.45. The number of fused-ring (bicyclic) bond motifs is 2. The first-order valence-electron chi connectivity index (χ1n) is 4.98. The Kier molecular flexibility index (Phi) is 2.05. The number of benzene rings is 2. The van der Waals surface area contributed by atoms with Gasteiger partial charge in [-0.2, -0.15) is 0 Å². The average Bonchev–Trinajstić information content (AvgIpc) is 2.27. The zero-order chi connectivity index (χ0) is 10.3. The standard InChI is InChI=1S/C13H11NSe/c1-9-5-4-8-12-13(9)14-10-6-2-3-7-11(10)15-12/h2-8,14H,1H3. The number of aryl methyl sites for hydroxylation is 1. The maximum absolute atomic E-state index is 3.52. The van der Waals surface area contributed by atoms with Crippen LogP contribution in [0.5, 0.6) is 0 Å². The maximum atomic E-state index is 3.52. The van der Waals surface area contributed by atoms with E-state index in [0.717, 1.165) is 0 Å². The van der Waals surface area contributed by atoms with Crippen molar-refractivity contribution in [1.29, 1.82) is 0 Å². The van der Waals surface area contributed by atoms with Crippen molar-refractivity contribution in [2.75, 3.05) is 5.32 Å². The molecule has 0 amide bonds. The SMILES string of the molecule is Cc1cccc2c1Nc1ccccc1[Se]2. The second kappa shape index (κ2) is 3.41. The van der Waals surface area contributed by atoms with Crippen LogP contribution in [0.4, 0.5) is 11.4 Å². The summed E-state index contributed by atoms with van der Waals surface area (Å²) in [5, 5.41) is 3.52. The quantitative estimate of drug-likeness (QED) is 0.607. The minimum atomic E-state index is 0.448. The van der Waals surface area contributed by atoms with Crippen LogP contribution in [0, 0.1) is 6.92 Å². The van der Waals surface area contributed by atoms with Gasteiger partial charge >= 0.3 is 95.5 Å². The summed E-state index contributed by atoms with van der Waals surface area (Å²) < 4.78 is 2.91. The molecule has 0 radical (unpaired) electrons. The molecule has 0 saturated carbocycles. The third kappa shape index (κ3) is 1.46. The summed E-state index contributed by atoms with van der Waals surface area (Å²) in [6, 6.07) is 15.1. The van der Waals surface area contributed by atoms with Crippen molar-refractivity contribution in [3.05, 3.63) is 48.0 Å². The second-order valence-electron chi connectivity index (χ2n) is 3.67. The number of anilines is 2. The van der Waals surface area contributed by atoms with E-state index < -0.39 is 0 Å². The predicted octanol–water partition coefficient (Wildman–Crippen LogP) is 1.71. The molecule has 1 aliphatic rings. The second-order valence-corrected chi connectivity index (χ2v) is 5.95. The number of rotatable bonds is 0. The minimum absolute atomic E-state index is 0.448. The molecule has 74 valence electrons. The molecule has 0 saturated heterocycles. The molecule has 2 aromatic rings. The fourth-order valence-corrected chi connectivity index (χ4v) is 4.05. The van der Waals surface area contributed by atoms with Crippen molar-refractivity contribution >= 4 is 35.3 Å². The van der Waals surface area contributed by atoms with Gasteiger partial charge in [0, 0.05) is 0 Å². The van der Waals surface area contributed by atoms with Crippen molar-refractivity contribution in [3.8, 4) is 0 Å². The first-order chi connectivity index (χ1) is 7.34. The number of hydrogen-bond acceptors (Lipinski definition) is 1.